The fraction of sp³-hybridized carbons (Fsp3) is 0.250. The lowest BCUT2D eigenvalue weighted by molar-refractivity contribution is 0.0696. The molecule has 0 unspecified atom stereocenters. The number of aryl methyl sites for hydroxylation is 1. The minimum Gasteiger partial charge on any atom is -0.496 e. The summed E-state index contributed by atoms with van der Waals surface area (Å²) in [4.78, 5) is 17.5. The fourth-order valence-electron chi connectivity index (χ4n) is 2.26. The van der Waals surface area contributed by atoms with Gasteiger partial charge in [-0.15, -0.1) is 0 Å². The van der Waals surface area contributed by atoms with E-state index in [-0.39, 0.29) is 5.56 Å². The Labute approximate surface area is 123 Å². The first-order chi connectivity index (χ1) is 10.0. The Balaban J connectivity index is 2.35. The number of aromatic carboxylic acids is 1. The van der Waals surface area contributed by atoms with Crippen molar-refractivity contribution in [3.05, 3.63) is 53.2 Å². The number of carboxylic acids is 1. The van der Waals surface area contributed by atoms with Crippen molar-refractivity contribution in [3.63, 3.8) is 0 Å². The van der Waals surface area contributed by atoms with Gasteiger partial charge in [0.25, 0.3) is 0 Å². The van der Waals surface area contributed by atoms with Gasteiger partial charge in [0.05, 0.1) is 7.11 Å². The second kappa shape index (κ2) is 6.26. The molecule has 2 rings (SSSR count). The summed E-state index contributed by atoms with van der Waals surface area (Å²) >= 11 is 0. The van der Waals surface area contributed by atoms with E-state index in [4.69, 9.17) is 4.74 Å². The summed E-state index contributed by atoms with van der Waals surface area (Å²) in [5.41, 5.74) is 1.90. The van der Waals surface area contributed by atoms with Crippen LogP contribution in [0.1, 0.15) is 21.5 Å². The molecule has 0 radical (unpaired) electrons. The zero-order valence-electron chi connectivity index (χ0n) is 12.3. The summed E-state index contributed by atoms with van der Waals surface area (Å²) in [6.07, 6.45) is 1.62. The molecule has 0 aliphatic heterocycles. The molecule has 21 heavy (non-hydrogen) atoms. The van der Waals surface area contributed by atoms with Gasteiger partial charge in [-0.2, -0.15) is 0 Å². The minimum absolute atomic E-state index is 0.231. The van der Waals surface area contributed by atoms with E-state index in [0.29, 0.717) is 17.9 Å². The topological polar surface area (TPSA) is 62.7 Å². The maximum atomic E-state index is 11.4. The van der Waals surface area contributed by atoms with Gasteiger partial charge in [-0.3, -0.25) is 0 Å². The number of rotatable bonds is 5. The molecule has 1 N–H and O–H groups in total. The van der Waals surface area contributed by atoms with E-state index in [1.807, 2.05) is 36.2 Å². The van der Waals surface area contributed by atoms with Gasteiger partial charge in [0.15, 0.2) is 0 Å². The Morgan fingerprint density at radius 2 is 2.05 bits per heavy atom. The highest BCUT2D eigenvalue weighted by Gasteiger charge is 2.18. The first-order valence-electron chi connectivity index (χ1n) is 6.56. The van der Waals surface area contributed by atoms with Gasteiger partial charge in [-0.25, -0.2) is 9.78 Å². The van der Waals surface area contributed by atoms with E-state index < -0.39 is 5.97 Å². The van der Waals surface area contributed by atoms with E-state index >= 15 is 0 Å². The first kappa shape index (κ1) is 14.8. The van der Waals surface area contributed by atoms with Crippen LogP contribution in [-0.2, 0) is 6.54 Å². The van der Waals surface area contributed by atoms with Crippen molar-refractivity contribution in [2.24, 2.45) is 0 Å². The van der Waals surface area contributed by atoms with Gasteiger partial charge in [-0.1, -0.05) is 18.2 Å². The van der Waals surface area contributed by atoms with Crippen molar-refractivity contribution >= 4 is 11.8 Å². The standard InChI is InChI=1S/C16H18N2O3/c1-11-8-9-17-15(14(11)16(19)20)18(2)10-12-6-4-5-7-13(12)21-3/h4-9H,10H2,1-3H3,(H,19,20). The van der Waals surface area contributed by atoms with Crippen molar-refractivity contribution in [2.75, 3.05) is 19.1 Å². The Hall–Kier alpha value is -2.56. The molecule has 5 heteroatoms. The molecule has 0 atom stereocenters. The molecule has 1 aromatic carbocycles. The van der Waals surface area contributed by atoms with Crippen LogP contribution < -0.4 is 9.64 Å². The van der Waals surface area contributed by atoms with Crippen LogP contribution in [0.2, 0.25) is 0 Å². The van der Waals surface area contributed by atoms with E-state index in [1.165, 1.54) is 0 Å². The van der Waals surface area contributed by atoms with E-state index in [9.17, 15) is 9.90 Å². The fourth-order valence-corrected chi connectivity index (χ4v) is 2.26. The van der Waals surface area contributed by atoms with Crippen LogP contribution in [0.25, 0.3) is 0 Å². The molecule has 0 saturated carbocycles. The monoisotopic (exact) mass is 286 g/mol. The zero-order chi connectivity index (χ0) is 15.4. The molecule has 1 aromatic heterocycles. The largest absolute Gasteiger partial charge is 0.496 e. The number of aromatic nitrogens is 1. The molecule has 2 aromatic rings. The maximum Gasteiger partial charge on any atom is 0.339 e. The molecule has 110 valence electrons. The van der Waals surface area contributed by atoms with Gasteiger partial charge in [0.2, 0.25) is 0 Å². The van der Waals surface area contributed by atoms with Gasteiger partial charge < -0.3 is 14.7 Å². The SMILES string of the molecule is COc1ccccc1CN(C)c1nccc(C)c1C(=O)O. The number of ether oxygens (including phenoxy) is 1. The maximum absolute atomic E-state index is 11.4. The number of methoxy groups -OCH3 is 1. The first-order valence-corrected chi connectivity index (χ1v) is 6.56. The molecular formula is C16H18N2O3. The molecule has 0 aliphatic rings. The van der Waals surface area contributed by atoms with Crippen LogP contribution in [0, 0.1) is 6.92 Å². The number of hydrogen-bond donors (Lipinski definition) is 1. The predicted molar refractivity (Wildman–Crippen MR) is 81.0 cm³/mol. The van der Waals surface area contributed by atoms with Crippen molar-refractivity contribution in [1.82, 2.24) is 4.98 Å². The molecule has 0 spiro atoms. The molecule has 1 heterocycles. The summed E-state index contributed by atoms with van der Waals surface area (Å²) in [6.45, 7) is 2.28. The Kier molecular flexibility index (Phi) is 4.42. The smallest absolute Gasteiger partial charge is 0.339 e. The predicted octanol–water partition coefficient (Wildman–Crippen LogP) is 2.73. The van der Waals surface area contributed by atoms with E-state index in [1.54, 1.807) is 26.3 Å². The molecule has 0 aliphatic carbocycles. The Morgan fingerprint density at radius 3 is 2.71 bits per heavy atom. The lowest BCUT2D eigenvalue weighted by Crippen LogP contribution is -2.21. The highest BCUT2D eigenvalue weighted by atomic mass is 16.5. The average molecular weight is 286 g/mol. The lowest BCUT2D eigenvalue weighted by Gasteiger charge is -2.22. The number of nitrogens with zero attached hydrogens (tertiary/aromatic N) is 2. The summed E-state index contributed by atoms with van der Waals surface area (Å²) in [6, 6.07) is 9.35. The molecule has 0 saturated heterocycles. The van der Waals surface area contributed by atoms with E-state index in [2.05, 4.69) is 4.98 Å². The second-order valence-corrected chi connectivity index (χ2v) is 4.80. The van der Waals surface area contributed by atoms with Gasteiger partial charge >= 0.3 is 5.97 Å². The summed E-state index contributed by atoms with van der Waals surface area (Å²) in [7, 11) is 3.44. The lowest BCUT2D eigenvalue weighted by atomic mass is 10.1. The number of para-hydroxylation sites is 1. The van der Waals surface area contributed by atoms with Gasteiger partial charge in [0.1, 0.15) is 17.1 Å². The molecule has 0 bridgehead atoms. The van der Waals surface area contributed by atoms with Crippen molar-refractivity contribution < 1.29 is 14.6 Å². The van der Waals surface area contributed by atoms with Gasteiger partial charge in [0, 0.05) is 25.4 Å². The quantitative estimate of drug-likeness (QED) is 0.915. The Morgan fingerprint density at radius 1 is 1.33 bits per heavy atom. The third-order valence-electron chi connectivity index (χ3n) is 3.31. The normalized spacial score (nSPS) is 10.2. The van der Waals surface area contributed by atoms with Crippen LogP contribution >= 0.6 is 0 Å². The Bertz CT molecular complexity index is 656. The second-order valence-electron chi connectivity index (χ2n) is 4.80. The number of carbonyl (C=O) groups is 1. The highest BCUT2D eigenvalue weighted by Crippen LogP contribution is 2.24. The molecular weight excluding hydrogens is 268 g/mol. The van der Waals surface area contributed by atoms with E-state index in [0.717, 1.165) is 11.3 Å². The van der Waals surface area contributed by atoms with Crippen LogP contribution in [-0.4, -0.2) is 30.2 Å². The highest BCUT2D eigenvalue weighted by molar-refractivity contribution is 5.94. The number of benzene rings is 1. The number of anilines is 1. The summed E-state index contributed by atoms with van der Waals surface area (Å²) in [5, 5.41) is 9.37. The van der Waals surface area contributed by atoms with Crippen LogP contribution in [0.15, 0.2) is 36.5 Å². The molecule has 5 nitrogen and oxygen atoms in total. The summed E-state index contributed by atoms with van der Waals surface area (Å²) < 4.78 is 5.32. The number of carboxylic acid groups (broad SMARTS) is 1. The minimum atomic E-state index is -0.970. The average Bonchev–Trinajstić information content (AvgIpc) is 2.47. The summed E-state index contributed by atoms with van der Waals surface area (Å²) in [5.74, 6) is 0.254. The number of hydrogen-bond acceptors (Lipinski definition) is 4. The van der Waals surface area contributed by atoms with Crippen LogP contribution in [0.4, 0.5) is 5.82 Å². The van der Waals surface area contributed by atoms with Crippen molar-refractivity contribution in [2.45, 2.75) is 13.5 Å². The number of pyridine rings is 1. The van der Waals surface area contributed by atoms with Gasteiger partial charge in [-0.05, 0) is 24.6 Å². The third kappa shape index (κ3) is 3.13. The van der Waals surface area contributed by atoms with Crippen molar-refractivity contribution in [3.8, 4) is 5.75 Å². The van der Waals surface area contributed by atoms with Crippen LogP contribution in [0.5, 0.6) is 5.75 Å². The molecule has 0 amide bonds. The van der Waals surface area contributed by atoms with Crippen LogP contribution in [0.3, 0.4) is 0 Å². The van der Waals surface area contributed by atoms with Crippen molar-refractivity contribution in [1.29, 1.82) is 0 Å². The third-order valence-corrected chi connectivity index (χ3v) is 3.31. The zero-order valence-corrected chi connectivity index (χ0v) is 12.3. The molecule has 0 fully saturated rings.